The molecule has 0 saturated heterocycles. The van der Waals surface area contributed by atoms with Crippen molar-refractivity contribution in [2.24, 2.45) is 0 Å². The molecule has 5 heteroatoms. The summed E-state index contributed by atoms with van der Waals surface area (Å²) in [6.07, 6.45) is 1.38. The molecule has 3 nitrogen and oxygen atoms in total. The highest BCUT2D eigenvalue weighted by Crippen LogP contribution is 2.39. The first-order chi connectivity index (χ1) is 8.55. The summed E-state index contributed by atoms with van der Waals surface area (Å²) in [6.45, 7) is 7.38. The minimum atomic E-state index is -3.16. The van der Waals surface area contributed by atoms with Crippen molar-refractivity contribution in [1.82, 2.24) is 0 Å². The first kappa shape index (κ1) is 16.5. The van der Waals surface area contributed by atoms with E-state index in [0.29, 0.717) is 0 Å². The fraction of sp³-hybridized carbons (Fsp3) is 0.571. The molecule has 1 aromatic rings. The number of hydrogen-bond donors (Lipinski definition) is 0. The van der Waals surface area contributed by atoms with Crippen LogP contribution in [0.25, 0.3) is 0 Å². The lowest BCUT2D eigenvalue weighted by Crippen LogP contribution is -2.35. The SMILES string of the molecule is CC(C)Oc1ccc(C(Br)C(C)(C)S(C)(=O)=O)cc1. The Morgan fingerprint density at radius 2 is 1.63 bits per heavy atom. The van der Waals surface area contributed by atoms with Gasteiger partial charge in [0.1, 0.15) is 5.75 Å². The smallest absolute Gasteiger partial charge is 0.154 e. The van der Waals surface area contributed by atoms with Crippen molar-refractivity contribution in [3.05, 3.63) is 29.8 Å². The summed E-state index contributed by atoms with van der Waals surface area (Å²) in [5, 5.41) is 0. The van der Waals surface area contributed by atoms with E-state index in [1.165, 1.54) is 6.26 Å². The van der Waals surface area contributed by atoms with Crippen LogP contribution in [0.3, 0.4) is 0 Å². The van der Waals surface area contributed by atoms with Crippen molar-refractivity contribution < 1.29 is 13.2 Å². The van der Waals surface area contributed by atoms with Crippen LogP contribution in [0.2, 0.25) is 0 Å². The van der Waals surface area contributed by atoms with Gasteiger partial charge in [-0.2, -0.15) is 0 Å². The maximum atomic E-state index is 11.8. The van der Waals surface area contributed by atoms with Gasteiger partial charge in [-0.1, -0.05) is 28.1 Å². The van der Waals surface area contributed by atoms with Gasteiger partial charge in [0.2, 0.25) is 0 Å². The summed E-state index contributed by atoms with van der Waals surface area (Å²) in [5.41, 5.74) is 0.923. The molecule has 0 heterocycles. The van der Waals surface area contributed by atoms with E-state index in [0.717, 1.165) is 11.3 Å². The summed E-state index contributed by atoms with van der Waals surface area (Å²) in [7, 11) is -3.16. The Kier molecular flexibility index (Phi) is 5.07. The third-order valence-electron chi connectivity index (χ3n) is 3.11. The largest absolute Gasteiger partial charge is 0.491 e. The molecule has 0 bridgehead atoms. The van der Waals surface area contributed by atoms with Gasteiger partial charge in [0.15, 0.2) is 9.84 Å². The number of sulfone groups is 1. The molecule has 1 rings (SSSR count). The normalized spacial score (nSPS) is 14.5. The van der Waals surface area contributed by atoms with Gasteiger partial charge in [-0.25, -0.2) is 8.42 Å². The maximum Gasteiger partial charge on any atom is 0.154 e. The molecule has 1 aromatic carbocycles. The van der Waals surface area contributed by atoms with Gasteiger partial charge >= 0.3 is 0 Å². The number of ether oxygens (including phenoxy) is 1. The average molecular weight is 349 g/mol. The lowest BCUT2D eigenvalue weighted by molar-refractivity contribution is 0.242. The van der Waals surface area contributed by atoms with Gasteiger partial charge in [0.05, 0.1) is 15.7 Å². The van der Waals surface area contributed by atoms with Crippen LogP contribution in [0.5, 0.6) is 5.75 Å². The highest BCUT2D eigenvalue weighted by molar-refractivity contribution is 9.09. The second-order valence-electron chi connectivity index (χ2n) is 5.47. The predicted molar refractivity (Wildman–Crippen MR) is 82.8 cm³/mol. The Hall–Kier alpha value is -0.550. The molecular weight excluding hydrogens is 328 g/mol. The van der Waals surface area contributed by atoms with Gasteiger partial charge in [0, 0.05) is 6.26 Å². The van der Waals surface area contributed by atoms with E-state index in [2.05, 4.69) is 15.9 Å². The molecule has 0 saturated carbocycles. The van der Waals surface area contributed by atoms with Crippen LogP contribution in [0, 0.1) is 0 Å². The Morgan fingerprint density at radius 3 is 2.00 bits per heavy atom. The highest BCUT2D eigenvalue weighted by Gasteiger charge is 2.38. The van der Waals surface area contributed by atoms with Crippen molar-refractivity contribution in [2.75, 3.05) is 6.26 Å². The molecule has 0 aliphatic heterocycles. The van der Waals surface area contributed by atoms with E-state index in [9.17, 15) is 8.42 Å². The van der Waals surface area contributed by atoms with Crippen LogP contribution in [0.15, 0.2) is 24.3 Å². The zero-order valence-electron chi connectivity index (χ0n) is 12.0. The summed E-state index contributed by atoms with van der Waals surface area (Å²) < 4.78 is 28.4. The first-order valence-electron chi connectivity index (χ1n) is 6.16. The fourth-order valence-electron chi connectivity index (χ4n) is 1.58. The minimum Gasteiger partial charge on any atom is -0.491 e. The summed E-state index contributed by atoms with van der Waals surface area (Å²) >= 11 is 3.50. The number of hydrogen-bond acceptors (Lipinski definition) is 3. The predicted octanol–water partition coefficient (Wildman–Crippen LogP) is 3.73. The maximum absolute atomic E-state index is 11.8. The Bertz CT molecular complexity index is 518. The Morgan fingerprint density at radius 1 is 1.16 bits per heavy atom. The molecule has 0 aromatic heterocycles. The second kappa shape index (κ2) is 5.83. The minimum absolute atomic E-state index is 0.123. The Balaban J connectivity index is 2.99. The van der Waals surface area contributed by atoms with Crippen molar-refractivity contribution in [3.8, 4) is 5.75 Å². The van der Waals surface area contributed by atoms with Gasteiger partial charge < -0.3 is 4.74 Å². The summed E-state index contributed by atoms with van der Waals surface area (Å²) in [6, 6.07) is 7.51. The van der Waals surface area contributed by atoms with Crippen molar-refractivity contribution in [2.45, 2.75) is 43.4 Å². The molecule has 0 aliphatic carbocycles. The van der Waals surface area contributed by atoms with Crippen LogP contribution in [-0.4, -0.2) is 25.5 Å². The van der Waals surface area contributed by atoms with E-state index < -0.39 is 14.6 Å². The van der Waals surface area contributed by atoms with E-state index >= 15 is 0 Å². The quantitative estimate of drug-likeness (QED) is 0.761. The molecule has 0 aliphatic rings. The van der Waals surface area contributed by atoms with Crippen LogP contribution in [0.4, 0.5) is 0 Å². The fourth-order valence-corrected chi connectivity index (χ4v) is 3.41. The van der Waals surface area contributed by atoms with Crippen molar-refractivity contribution >= 4 is 25.8 Å². The van der Waals surface area contributed by atoms with Gasteiger partial charge in [-0.05, 0) is 45.4 Å². The van der Waals surface area contributed by atoms with E-state index in [-0.39, 0.29) is 10.9 Å². The molecule has 1 unspecified atom stereocenters. The Labute approximate surface area is 124 Å². The van der Waals surface area contributed by atoms with Gasteiger partial charge in [-0.15, -0.1) is 0 Å². The lowest BCUT2D eigenvalue weighted by atomic mass is 10.0. The zero-order valence-corrected chi connectivity index (χ0v) is 14.4. The van der Waals surface area contributed by atoms with Gasteiger partial charge in [0.25, 0.3) is 0 Å². The average Bonchev–Trinajstić information content (AvgIpc) is 2.26. The topological polar surface area (TPSA) is 43.4 Å². The third-order valence-corrected chi connectivity index (χ3v) is 7.23. The molecule has 0 spiro atoms. The number of rotatable bonds is 5. The molecule has 0 radical (unpaired) electrons. The second-order valence-corrected chi connectivity index (χ2v) is 8.99. The number of alkyl halides is 1. The standard InChI is InChI=1S/C14H21BrO3S/c1-10(2)18-12-8-6-11(7-9-12)13(15)14(3,4)19(5,16)17/h6-10,13H,1-5H3. The van der Waals surface area contributed by atoms with Gasteiger partial charge in [-0.3, -0.25) is 0 Å². The number of halogens is 1. The van der Waals surface area contributed by atoms with Crippen LogP contribution in [-0.2, 0) is 9.84 Å². The summed E-state index contributed by atoms with van der Waals surface area (Å²) in [4.78, 5) is -0.261. The highest BCUT2D eigenvalue weighted by atomic mass is 79.9. The van der Waals surface area contributed by atoms with Crippen molar-refractivity contribution in [3.63, 3.8) is 0 Å². The summed E-state index contributed by atoms with van der Waals surface area (Å²) in [5.74, 6) is 0.788. The van der Waals surface area contributed by atoms with E-state index in [4.69, 9.17) is 4.74 Å². The molecule has 19 heavy (non-hydrogen) atoms. The molecule has 0 fully saturated rings. The molecule has 0 N–H and O–H groups in total. The van der Waals surface area contributed by atoms with Crippen LogP contribution in [0.1, 0.15) is 38.1 Å². The van der Waals surface area contributed by atoms with Crippen molar-refractivity contribution in [1.29, 1.82) is 0 Å². The lowest BCUT2D eigenvalue weighted by Gasteiger charge is -2.28. The van der Waals surface area contributed by atoms with Crippen LogP contribution >= 0.6 is 15.9 Å². The van der Waals surface area contributed by atoms with Crippen LogP contribution < -0.4 is 4.74 Å². The molecule has 108 valence electrons. The zero-order chi connectivity index (χ0) is 14.8. The molecular formula is C14H21BrO3S. The van der Waals surface area contributed by atoms with E-state index in [1.54, 1.807) is 13.8 Å². The van der Waals surface area contributed by atoms with E-state index in [1.807, 2.05) is 38.1 Å². The monoisotopic (exact) mass is 348 g/mol. The number of benzene rings is 1. The molecule has 1 atom stereocenters. The molecule has 0 amide bonds. The first-order valence-corrected chi connectivity index (χ1v) is 8.96. The third kappa shape index (κ3) is 3.96.